The van der Waals surface area contributed by atoms with Gasteiger partial charge in [0.1, 0.15) is 0 Å². The number of fused-ring (bicyclic) bond motifs is 5. The second-order valence-corrected chi connectivity index (χ2v) is 15.9. The summed E-state index contributed by atoms with van der Waals surface area (Å²) in [6, 6.07) is 0.830. The highest BCUT2D eigenvalue weighted by atomic mass is 16.5. The molecule has 2 unspecified atom stereocenters. The van der Waals surface area contributed by atoms with Gasteiger partial charge in [0.2, 0.25) is 0 Å². The lowest BCUT2D eigenvalue weighted by molar-refractivity contribution is -0.0773. The van der Waals surface area contributed by atoms with E-state index < -0.39 is 0 Å². The van der Waals surface area contributed by atoms with Crippen molar-refractivity contribution in [3.63, 3.8) is 0 Å². The molecule has 5 fully saturated rings. The van der Waals surface area contributed by atoms with Gasteiger partial charge in [-0.1, -0.05) is 52.2 Å². The van der Waals surface area contributed by atoms with Crippen molar-refractivity contribution in [3.05, 3.63) is 11.1 Å². The van der Waals surface area contributed by atoms with E-state index in [0.29, 0.717) is 29.5 Å². The summed E-state index contributed by atoms with van der Waals surface area (Å²) < 4.78 is 12.8. The fourth-order valence-corrected chi connectivity index (χ4v) is 11.3. The van der Waals surface area contributed by atoms with Gasteiger partial charge in [0.25, 0.3) is 0 Å². The zero-order valence-corrected chi connectivity index (χ0v) is 26.6. The maximum Gasteiger partial charge on any atom is 0.0752 e. The Labute approximate surface area is 241 Å². The Morgan fingerprint density at radius 1 is 1.05 bits per heavy atom. The van der Waals surface area contributed by atoms with Crippen molar-refractivity contribution in [2.75, 3.05) is 20.2 Å². The Bertz CT molecular complexity index is 906. The second-order valence-electron chi connectivity index (χ2n) is 15.9. The van der Waals surface area contributed by atoms with Crippen molar-refractivity contribution in [2.45, 2.75) is 149 Å². The Hall–Kier alpha value is -0.380. The van der Waals surface area contributed by atoms with E-state index in [1.807, 2.05) is 12.7 Å². The van der Waals surface area contributed by atoms with E-state index in [9.17, 15) is 0 Å². The maximum absolute atomic E-state index is 7.18. The van der Waals surface area contributed by atoms with Gasteiger partial charge in [-0.05, 0) is 131 Å². The van der Waals surface area contributed by atoms with Crippen LogP contribution in [0.2, 0.25) is 0 Å². The summed E-state index contributed by atoms with van der Waals surface area (Å²) in [5, 5.41) is 0. The maximum atomic E-state index is 7.18. The van der Waals surface area contributed by atoms with Crippen LogP contribution in [0.3, 0.4) is 0 Å². The van der Waals surface area contributed by atoms with Crippen molar-refractivity contribution in [3.8, 4) is 0 Å². The van der Waals surface area contributed by atoms with Gasteiger partial charge in [-0.3, -0.25) is 0 Å². The number of piperidine rings is 1. The average Bonchev–Trinajstić information content (AvgIpc) is 3.38. The normalized spacial score (nSPS) is 48.1. The summed E-state index contributed by atoms with van der Waals surface area (Å²) >= 11 is 0. The molecule has 0 aromatic heterocycles. The molecule has 39 heavy (non-hydrogen) atoms. The van der Waals surface area contributed by atoms with E-state index in [1.54, 1.807) is 5.57 Å². The van der Waals surface area contributed by atoms with Gasteiger partial charge < -0.3 is 14.4 Å². The van der Waals surface area contributed by atoms with Crippen LogP contribution in [0.4, 0.5) is 0 Å². The van der Waals surface area contributed by atoms with Crippen LogP contribution >= 0.6 is 0 Å². The van der Waals surface area contributed by atoms with E-state index in [1.165, 1.54) is 96.6 Å². The molecular weight excluding hydrogens is 478 g/mol. The van der Waals surface area contributed by atoms with Crippen LogP contribution in [0.5, 0.6) is 0 Å². The lowest BCUT2D eigenvalue weighted by Crippen LogP contribution is -2.52. The molecule has 11 atom stereocenters. The first-order chi connectivity index (χ1) is 18.7. The number of hydrogen-bond acceptors (Lipinski definition) is 3. The molecular formula is C36H61NO2. The minimum atomic E-state index is 0.101. The largest absolute Gasteiger partial charge is 0.381 e. The van der Waals surface area contributed by atoms with E-state index >= 15 is 0 Å². The number of rotatable bonds is 5. The molecule has 2 saturated heterocycles. The number of methoxy groups -OCH3 is 1. The van der Waals surface area contributed by atoms with E-state index in [0.717, 1.165) is 35.6 Å². The van der Waals surface area contributed by atoms with Gasteiger partial charge in [-0.25, -0.2) is 0 Å². The smallest absolute Gasteiger partial charge is 0.0752 e. The quantitative estimate of drug-likeness (QED) is 0.326. The third kappa shape index (κ3) is 4.91. The Balaban J connectivity index is 1.16. The Morgan fingerprint density at radius 3 is 2.54 bits per heavy atom. The summed E-state index contributed by atoms with van der Waals surface area (Å²) in [5.74, 6) is 5.78. The minimum Gasteiger partial charge on any atom is -0.381 e. The zero-order chi connectivity index (χ0) is 27.5. The summed E-state index contributed by atoms with van der Waals surface area (Å²) in [7, 11) is 1.90. The number of allylic oxidation sites excluding steroid dienone is 1. The number of hydrogen-bond donors (Lipinski definition) is 0. The lowest BCUT2D eigenvalue weighted by atomic mass is 9.52. The van der Waals surface area contributed by atoms with Gasteiger partial charge in [0.05, 0.1) is 17.8 Å². The Kier molecular flexibility index (Phi) is 8.13. The first-order valence-electron chi connectivity index (χ1n) is 17.3. The van der Waals surface area contributed by atoms with Gasteiger partial charge in [0, 0.05) is 26.2 Å². The molecule has 2 heterocycles. The molecule has 2 aliphatic heterocycles. The van der Waals surface area contributed by atoms with Gasteiger partial charge in [-0.15, -0.1) is 0 Å². The van der Waals surface area contributed by atoms with Crippen molar-refractivity contribution >= 4 is 0 Å². The Morgan fingerprint density at radius 2 is 1.82 bits per heavy atom. The molecule has 3 nitrogen and oxygen atoms in total. The first-order valence-corrected chi connectivity index (χ1v) is 17.3. The van der Waals surface area contributed by atoms with Gasteiger partial charge in [-0.2, -0.15) is 0 Å². The fourth-order valence-electron chi connectivity index (χ4n) is 11.3. The summed E-state index contributed by atoms with van der Waals surface area (Å²) in [5.41, 5.74) is 4.31. The molecule has 6 aliphatic rings. The van der Waals surface area contributed by atoms with Gasteiger partial charge in [0.15, 0.2) is 0 Å². The predicted octanol–water partition coefficient (Wildman–Crippen LogP) is 8.66. The monoisotopic (exact) mass is 539 g/mol. The van der Waals surface area contributed by atoms with Crippen LogP contribution in [-0.2, 0) is 9.47 Å². The second kappa shape index (κ2) is 11.0. The summed E-state index contributed by atoms with van der Waals surface area (Å²) in [6.07, 6.45) is 18.6. The van der Waals surface area contributed by atoms with Crippen LogP contribution in [-0.4, -0.2) is 49.0 Å². The molecule has 6 rings (SSSR count). The highest BCUT2D eigenvalue weighted by molar-refractivity contribution is 5.29. The zero-order valence-electron chi connectivity index (χ0n) is 26.6. The highest BCUT2D eigenvalue weighted by Crippen LogP contribution is 2.65. The van der Waals surface area contributed by atoms with E-state index in [4.69, 9.17) is 9.47 Å². The van der Waals surface area contributed by atoms with Crippen molar-refractivity contribution in [1.29, 1.82) is 0 Å². The number of nitrogens with zero attached hydrogens (tertiary/aromatic N) is 1. The summed E-state index contributed by atoms with van der Waals surface area (Å²) in [6.45, 7) is 17.6. The fraction of sp³-hybridized carbons (Fsp3) is 0.944. The predicted molar refractivity (Wildman–Crippen MR) is 162 cm³/mol. The van der Waals surface area contributed by atoms with Crippen LogP contribution in [0, 0.1) is 46.8 Å². The molecule has 0 amide bonds. The summed E-state index contributed by atoms with van der Waals surface area (Å²) in [4.78, 5) is 2.85. The first kappa shape index (κ1) is 28.7. The van der Waals surface area contributed by atoms with Gasteiger partial charge >= 0.3 is 0 Å². The average molecular weight is 540 g/mol. The van der Waals surface area contributed by atoms with E-state index in [-0.39, 0.29) is 5.60 Å². The molecule has 3 saturated carbocycles. The highest BCUT2D eigenvalue weighted by Gasteiger charge is 2.58. The minimum absolute atomic E-state index is 0.101. The molecule has 222 valence electrons. The van der Waals surface area contributed by atoms with Crippen LogP contribution in [0.15, 0.2) is 11.1 Å². The van der Waals surface area contributed by atoms with Crippen molar-refractivity contribution in [1.82, 2.24) is 4.90 Å². The van der Waals surface area contributed by atoms with Crippen molar-refractivity contribution in [2.24, 2.45) is 46.8 Å². The number of likely N-dealkylation sites (tertiary alicyclic amines) is 1. The number of ether oxygens (including phenoxy) is 2. The standard InChI is InChI=1S/C36H61NO2/c1-8-23(2)19-34-25(4)26(5)36(39-34)16-12-30-31-10-9-27-20-28(37-17-13-29(38-7)14-18-37)11-15-35(27,6)33(31)21-32(30)24(3)22-36/h23,25-31,33-34H,8-22H2,1-7H3/t23-,25+,26-,27?,28?,30+,31+,33+,34-,35+,36+/m1/s1. The van der Waals surface area contributed by atoms with Crippen LogP contribution < -0.4 is 0 Å². The molecule has 0 bridgehead atoms. The molecule has 0 aromatic carbocycles. The van der Waals surface area contributed by atoms with E-state index in [2.05, 4.69) is 46.4 Å². The molecule has 4 aliphatic carbocycles. The van der Waals surface area contributed by atoms with Crippen LogP contribution in [0.25, 0.3) is 0 Å². The topological polar surface area (TPSA) is 21.7 Å². The third-order valence-corrected chi connectivity index (χ3v) is 14.4. The third-order valence-electron chi connectivity index (χ3n) is 14.4. The van der Waals surface area contributed by atoms with Crippen LogP contribution in [0.1, 0.15) is 125 Å². The molecule has 0 N–H and O–H groups in total. The van der Waals surface area contributed by atoms with Crippen molar-refractivity contribution < 1.29 is 9.47 Å². The molecule has 1 spiro atoms. The molecule has 3 heteroatoms. The lowest BCUT2D eigenvalue weighted by Gasteiger charge is -2.56. The molecule has 0 radical (unpaired) electrons. The molecule has 0 aromatic rings. The SMILES string of the molecule is CC[C@@H](C)C[C@H]1O[C@]2(CC[C@@H]3C(=C(C)C2)C[C@H]2[C@H]3CCC3CC(N4CCC(OC)CC4)CC[C@@]32C)[C@H](C)[C@@H]1C.